The van der Waals surface area contributed by atoms with Crippen molar-refractivity contribution in [2.45, 2.75) is 39.3 Å². The number of rotatable bonds is 3. The topological polar surface area (TPSA) is 49.4 Å². The lowest BCUT2D eigenvalue weighted by Gasteiger charge is -2.24. The zero-order valence-corrected chi connectivity index (χ0v) is 12.5. The van der Waals surface area contributed by atoms with E-state index < -0.39 is 6.04 Å². The highest BCUT2D eigenvalue weighted by atomic mass is 35.5. The Bertz CT molecular complexity index is 531. The van der Waals surface area contributed by atoms with Gasteiger partial charge < -0.3 is 10.2 Å². The molecule has 1 aliphatic rings. The smallest absolute Gasteiger partial charge is 0.245 e. The van der Waals surface area contributed by atoms with E-state index in [0.29, 0.717) is 31.0 Å². The molecular formula is C15H19ClN2O2. The van der Waals surface area contributed by atoms with Gasteiger partial charge in [-0.05, 0) is 30.5 Å². The van der Waals surface area contributed by atoms with E-state index in [1.807, 2.05) is 32.0 Å². The molecule has 0 aromatic heterocycles. The van der Waals surface area contributed by atoms with Gasteiger partial charge in [0.05, 0.1) is 0 Å². The SMILES string of the molecule is CCC1NC(=O)CCN(Cc2ccc(C)cc2Cl)C1=O. The molecule has 1 unspecified atom stereocenters. The molecule has 1 saturated heterocycles. The number of halogens is 1. The number of nitrogens with zero attached hydrogens (tertiary/aromatic N) is 1. The molecule has 1 aromatic rings. The Morgan fingerprint density at radius 3 is 2.80 bits per heavy atom. The zero-order chi connectivity index (χ0) is 14.7. The number of nitrogens with one attached hydrogen (secondary N) is 1. The van der Waals surface area contributed by atoms with Crippen molar-refractivity contribution in [1.29, 1.82) is 0 Å². The first kappa shape index (κ1) is 14.9. The van der Waals surface area contributed by atoms with E-state index in [9.17, 15) is 9.59 Å². The van der Waals surface area contributed by atoms with E-state index >= 15 is 0 Å². The Labute approximate surface area is 124 Å². The molecule has 2 amide bonds. The highest BCUT2D eigenvalue weighted by Crippen LogP contribution is 2.20. The second-order valence-corrected chi connectivity index (χ2v) is 5.54. The molecule has 0 aliphatic carbocycles. The lowest BCUT2D eigenvalue weighted by Crippen LogP contribution is -2.43. The molecule has 1 atom stereocenters. The van der Waals surface area contributed by atoms with Gasteiger partial charge in [0.15, 0.2) is 0 Å². The third kappa shape index (κ3) is 3.31. The summed E-state index contributed by atoms with van der Waals surface area (Å²) in [7, 11) is 0. The number of carbonyl (C=O) groups excluding carboxylic acids is 2. The normalized spacial score (nSPS) is 19.8. The van der Waals surface area contributed by atoms with Gasteiger partial charge in [-0.15, -0.1) is 0 Å². The second-order valence-electron chi connectivity index (χ2n) is 5.13. The van der Waals surface area contributed by atoms with E-state index in [-0.39, 0.29) is 11.8 Å². The van der Waals surface area contributed by atoms with E-state index in [4.69, 9.17) is 11.6 Å². The highest BCUT2D eigenvalue weighted by Gasteiger charge is 2.28. The minimum atomic E-state index is -0.422. The standard InChI is InChI=1S/C15H19ClN2O2/c1-3-13-15(20)18(7-6-14(19)17-13)9-11-5-4-10(2)8-12(11)16/h4-5,8,13H,3,6-7,9H2,1-2H3,(H,17,19). The largest absolute Gasteiger partial charge is 0.344 e. The first-order valence-electron chi connectivity index (χ1n) is 6.84. The Morgan fingerprint density at radius 2 is 2.15 bits per heavy atom. The molecular weight excluding hydrogens is 276 g/mol. The van der Waals surface area contributed by atoms with Gasteiger partial charge in [0.25, 0.3) is 0 Å². The van der Waals surface area contributed by atoms with Crippen LogP contribution in [0.25, 0.3) is 0 Å². The third-order valence-electron chi connectivity index (χ3n) is 3.53. The van der Waals surface area contributed by atoms with Gasteiger partial charge in [-0.25, -0.2) is 0 Å². The van der Waals surface area contributed by atoms with Crippen LogP contribution in [0.3, 0.4) is 0 Å². The monoisotopic (exact) mass is 294 g/mol. The summed E-state index contributed by atoms with van der Waals surface area (Å²) in [6.45, 7) is 4.75. The molecule has 108 valence electrons. The fourth-order valence-electron chi connectivity index (χ4n) is 2.32. The van der Waals surface area contributed by atoms with Crippen molar-refractivity contribution in [3.05, 3.63) is 34.3 Å². The predicted molar refractivity (Wildman–Crippen MR) is 78.4 cm³/mol. The van der Waals surface area contributed by atoms with Crippen molar-refractivity contribution in [2.75, 3.05) is 6.54 Å². The lowest BCUT2D eigenvalue weighted by molar-refractivity contribution is -0.134. The maximum absolute atomic E-state index is 12.4. The average Bonchev–Trinajstić information content (AvgIpc) is 2.54. The van der Waals surface area contributed by atoms with Crippen molar-refractivity contribution < 1.29 is 9.59 Å². The van der Waals surface area contributed by atoms with Crippen LogP contribution in [-0.2, 0) is 16.1 Å². The molecule has 2 rings (SSSR count). The minimum Gasteiger partial charge on any atom is -0.344 e. The number of hydrogen-bond acceptors (Lipinski definition) is 2. The van der Waals surface area contributed by atoms with Crippen molar-refractivity contribution >= 4 is 23.4 Å². The number of carbonyl (C=O) groups is 2. The van der Waals surface area contributed by atoms with Crippen LogP contribution in [0.15, 0.2) is 18.2 Å². The number of amides is 2. The first-order valence-corrected chi connectivity index (χ1v) is 7.22. The molecule has 1 aliphatic heterocycles. The summed E-state index contributed by atoms with van der Waals surface area (Å²) in [5.41, 5.74) is 2.00. The molecule has 4 nitrogen and oxygen atoms in total. The summed E-state index contributed by atoms with van der Waals surface area (Å²) in [6.07, 6.45) is 0.939. The molecule has 0 spiro atoms. The number of hydrogen-bond donors (Lipinski definition) is 1. The van der Waals surface area contributed by atoms with Crippen LogP contribution in [0.1, 0.15) is 30.9 Å². The predicted octanol–water partition coefficient (Wildman–Crippen LogP) is 2.28. The van der Waals surface area contributed by atoms with Gasteiger partial charge >= 0.3 is 0 Å². The van der Waals surface area contributed by atoms with Gasteiger partial charge in [0.2, 0.25) is 11.8 Å². The molecule has 20 heavy (non-hydrogen) atoms. The minimum absolute atomic E-state index is 0.0324. The van der Waals surface area contributed by atoms with E-state index in [0.717, 1.165) is 11.1 Å². The highest BCUT2D eigenvalue weighted by molar-refractivity contribution is 6.31. The van der Waals surface area contributed by atoms with E-state index in [2.05, 4.69) is 5.32 Å². The van der Waals surface area contributed by atoms with Gasteiger partial charge in [-0.2, -0.15) is 0 Å². The van der Waals surface area contributed by atoms with Crippen LogP contribution in [-0.4, -0.2) is 29.3 Å². The van der Waals surface area contributed by atoms with Crippen LogP contribution in [0.4, 0.5) is 0 Å². The van der Waals surface area contributed by atoms with Gasteiger partial charge in [-0.3, -0.25) is 9.59 Å². The summed E-state index contributed by atoms with van der Waals surface area (Å²) < 4.78 is 0. The van der Waals surface area contributed by atoms with E-state index in [1.165, 1.54) is 0 Å². The Balaban J connectivity index is 2.18. The molecule has 1 N–H and O–H groups in total. The van der Waals surface area contributed by atoms with Crippen LogP contribution in [0, 0.1) is 6.92 Å². The fourth-order valence-corrected chi connectivity index (χ4v) is 2.61. The Kier molecular flexibility index (Phi) is 4.65. The van der Waals surface area contributed by atoms with Crippen molar-refractivity contribution in [3.8, 4) is 0 Å². The van der Waals surface area contributed by atoms with Crippen LogP contribution in [0.5, 0.6) is 0 Å². The third-order valence-corrected chi connectivity index (χ3v) is 3.88. The summed E-state index contributed by atoms with van der Waals surface area (Å²) in [5.74, 6) is -0.0994. The quantitative estimate of drug-likeness (QED) is 0.930. The average molecular weight is 295 g/mol. The maximum atomic E-state index is 12.4. The maximum Gasteiger partial charge on any atom is 0.245 e. The van der Waals surface area contributed by atoms with Crippen molar-refractivity contribution in [3.63, 3.8) is 0 Å². The van der Waals surface area contributed by atoms with Crippen molar-refractivity contribution in [1.82, 2.24) is 10.2 Å². The van der Waals surface area contributed by atoms with Crippen LogP contribution in [0.2, 0.25) is 5.02 Å². The number of benzene rings is 1. The molecule has 1 aromatic carbocycles. The summed E-state index contributed by atoms with van der Waals surface area (Å²) in [6, 6.07) is 5.38. The zero-order valence-electron chi connectivity index (χ0n) is 11.8. The van der Waals surface area contributed by atoms with Crippen LogP contribution >= 0.6 is 11.6 Å². The van der Waals surface area contributed by atoms with Crippen LogP contribution < -0.4 is 5.32 Å². The van der Waals surface area contributed by atoms with Gasteiger partial charge in [0, 0.05) is 24.5 Å². The van der Waals surface area contributed by atoms with E-state index in [1.54, 1.807) is 4.90 Å². The lowest BCUT2D eigenvalue weighted by atomic mass is 10.1. The summed E-state index contributed by atoms with van der Waals surface area (Å²) in [4.78, 5) is 25.7. The summed E-state index contributed by atoms with van der Waals surface area (Å²) in [5, 5.41) is 3.42. The molecule has 1 fully saturated rings. The summed E-state index contributed by atoms with van der Waals surface area (Å²) >= 11 is 6.22. The van der Waals surface area contributed by atoms with Crippen molar-refractivity contribution in [2.24, 2.45) is 0 Å². The molecule has 0 radical (unpaired) electrons. The molecule has 0 saturated carbocycles. The first-order chi connectivity index (χ1) is 9.51. The Hall–Kier alpha value is -1.55. The molecule has 0 bridgehead atoms. The number of aryl methyl sites for hydroxylation is 1. The fraction of sp³-hybridized carbons (Fsp3) is 0.467. The van der Waals surface area contributed by atoms with Gasteiger partial charge in [-0.1, -0.05) is 30.7 Å². The molecule has 5 heteroatoms. The Morgan fingerprint density at radius 1 is 1.40 bits per heavy atom. The van der Waals surface area contributed by atoms with Gasteiger partial charge in [0.1, 0.15) is 6.04 Å². The second kappa shape index (κ2) is 6.27. The molecule has 1 heterocycles.